The summed E-state index contributed by atoms with van der Waals surface area (Å²) in [5.41, 5.74) is 0. The zero-order chi connectivity index (χ0) is 9.26. The van der Waals surface area contributed by atoms with Crippen molar-refractivity contribution in [3.8, 4) is 0 Å². The minimum Gasteiger partial charge on any atom is -0.338 e. The molecule has 1 aromatic heterocycles. The highest BCUT2D eigenvalue weighted by atomic mass is 79.9. The predicted octanol–water partition coefficient (Wildman–Crippen LogP) is 2.14. The molecule has 2 heterocycles. The van der Waals surface area contributed by atoms with E-state index in [2.05, 4.69) is 20.9 Å². The lowest BCUT2D eigenvalue weighted by Gasteiger charge is -2.12. The summed E-state index contributed by atoms with van der Waals surface area (Å²) in [5, 5.41) is 0. The number of hydrogen-bond acceptors (Lipinski definition) is 3. The van der Waals surface area contributed by atoms with Crippen molar-refractivity contribution in [2.45, 2.75) is 12.8 Å². The zero-order valence-electron chi connectivity index (χ0n) is 6.99. The molecule has 0 radical (unpaired) electrons. The van der Waals surface area contributed by atoms with Crippen molar-refractivity contribution in [2.24, 2.45) is 0 Å². The first-order chi connectivity index (χ1) is 6.27. The summed E-state index contributed by atoms with van der Waals surface area (Å²) in [4.78, 5) is 18.4. The molecule has 1 saturated heterocycles. The van der Waals surface area contributed by atoms with Gasteiger partial charge in [-0.25, -0.2) is 4.98 Å². The van der Waals surface area contributed by atoms with E-state index in [-0.39, 0.29) is 5.91 Å². The quantitative estimate of drug-likeness (QED) is 0.776. The van der Waals surface area contributed by atoms with Crippen molar-refractivity contribution in [3.63, 3.8) is 0 Å². The standard InChI is InChI=1S/C8H9BrN2OS/c9-8-10-5-6(13-8)7(12)11-3-1-2-4-11/h5H,1-4H2. The Labute approximate surface area is 88.9 Å². The van der Waals surface area contributed by atoms with Gasteiger partial charge in [-0.2, -0.15) is 0 Å². The Kier molecular flexibility index (Phi) is 2.64. The number of halogens is 1. The van der Waals surface area contributed by atoms with Gasteiger partial charge in [-0.1, -0.05) is 0 Å². The molecule has 1 aromatic rings. The van der Waals surface area contributed by atoms with Gasteiger partial charge in [0.05, 0.1) is 6.20 Å². The summed E-state index contributed by atoms with van der Waals surface area (Å²) in [6.07, 6.45) is 3.90. The SMILES string of the molecule is O=C(c1cnc(Br)s1)N1CCCC1. The van der Waals surface area contributed by atoms with E-state index in [1.165, 1.54) is 11.3 Å². The fourth-order valence-corrected chi connectivity index (χ4v) is 2.66. The Morgan fingerprint density at radius 3 is 2.77 bits per heavy atom. The van der Waals surface area contributed by atoms with Gasteiger partial charge < -0.3 is 4.90 Å². The highest BCUT2D eigenvalue weighted by Gasteiger charge is 2.20. The Morgan fingerprint density at radius 2 is 2.23 bits per heavy atom. The van der Waals surface area contributed by atoms with Crippen LogP contribution < -0.4 is 0 Å². The molecule has 0 N–H and O–H groups in total. The fraction of sp³-hybridized carbons (Fsp3) is 0.500. The van der Waals surface area contributed by atoms with Gasteiger partial charge in [0.1, 0.15) is 4.88 Å². The highest BCUT2D eigenvalue weighted by Crippen LogP contribution is 2.21. The van der Waals surface area contributed by atoms with E-state index in [4.69, 9.17) is 0 Å². The molecule has 2 rings (SSSR count). The molecule has 5 heteroatoms. The van der Waals surface area contributed by atoms with Gasteiger partial charge in [-0.3, -0.25) is 4.79 Å². The first-order valence-corrected chi connectivity index (χ1v) is 5.79. The van der Waals surface area contributed by atoms with E-state index in [1.54, 1.807) is 6.20 Å². The number of rotatable bonds is 1. The molecule has 1 aliphatic rings. The number of aromatic nitrogens is 1. The van der Waals surface area contributed by atoms with Crippen molar-refractivity contribution in [1.29, 1.82) is 0 Å². The van der Waals surface area contributed by atoms with Crippen LogP contribution in [0.4, 0.5) is 0 Å². The largest absolute Gasteiger partial charge is 0.338 e. The maximum Gasteiger partial charge on any atom is 0.265 e. The fourth-order valence-electron chi connectivity index (χ4n) is 1.43. The van der Waals surface area contributed by atoms with E-state index >= 15 is 0 Å². The number of hydrogen-bond donors (Lipinski definition) is 0. The van der Waals surface area contributed by atoms with Crippen molar-refractivity contribution in [3.05, 3.63) is 15.0 Å². The van der Waals surface area contributed by atoms with Crippen LogP contribution in [0.3, 0.4) is 0 Å². The monoisotopic (exact) mass is 260 g/mol. The third-order valence-electron chi connectivity index (χ3n) is 2.08. The van der Waals surface area contributed by atoms with Crippen LogP contribution in [0.2, 0.25) is 0 Å². The van der Waals surface area contributed by atoms with E-state index < -0.39 is 0 Å². The smallest absolute Gasteiger partial charge is 0.265 e. The molecular formula is C8H9BrN2OS. The Bertz CT molecular complexity index is 320. The lowest BCUT2D eigenvalue weighted by atomic mass is 10.4. The summed E-state index contributed by atoms with van der Waals surface area (Å²) in [7, 11) is 0. The minimum atomic E-state index is 0.126. The molecular weight excluding hydrogens is 252 g/mol. The first kappa shape index (κ1) is 9.15. The van der Waals surface area contributed by atoms with Crippen LogP contribution in [0.1, 0.15) is 22.5 Å². The Hall–Kier alpha value is -0.420. The second-order valence-electron chi connectivity index (χ2n) is 2.98. The molecule has 3 nitrogen and oxygen atoms in total. The van der Waals surface area contributed by atoms with Gasteiger partial charge in [0.25, 0.3) is 5.91 Å². The van der Waals surface area contributed by atoms with Crippen LogP contribution in [0.25, 0.3) is 0 Å². The van der Waals surface area contributed by atoms with E-state index in [9.17, 15) is 4.79 Å². The third-order valence-corrected chi connectivity index (χ3v) is 3.55. The van der Waals surface area contributed by atoms with Crippen LogP contribution in [0, 0.1) is 0 Å². The number of likely N-dealkylation sites (tertiary alicyclic amines) is 1. The van der Waals surface area contributed by atoms with Crippen molar-refractivity contribution in [1.82, 2.24) is 9.88 Å². The maximum absolute atomic E-state index is 11.7. The van der Waals surface area contributed by atoms with E-state index in [1.807, 2.05) is 4.90 Å². The molecule has 0 spiro atoms. The minimum absolute atomic E-state index is 0.126. The van der Waals surface area contributed by atoms with Crippen LogP contribution in [0.5, 0.6) is 0 Å². The summed E-state index contributed by atoms with van der Waals surface area (Å²) in [5.74, 6) is 0.126. The molecule has 0 saturated carbocycles. The number of carbonyl (C=O) groups excluding carboxylic acids is 1. The third kappa shape index (κ3) is 1.91. The average Bonchev–Trinajstić information content (AvgIpc) is 2.72. The number of nitrogens with zero attached hydrogens (tertiary/aromatic N) is 2. The Morgan fingerprint density at radius 1 is 1.54 bits per heavy atom. The molecule has 70 valence electrons. The summed E-state index contributed by atoms with van der Waals surface area (Å²) in [6.45, 7) is 1.79. The summed E-state index contributed by atoms with van der Waals surface area (Å²) < 4.78 is 0.773. The van der Waals surface area contributed by atoms with Crippen molar-refractivity contribution < 1.29 is 4.79 Å². The molecule has 0 unspecified atom stereocenters. The molecule has 0 atom stereocenters. The number of carbonyl (C=O) groups is 1. The zero-order valence-corrected chi connectivity index (χ0v) is 9.40. The number of amides is 1. The molecule has 1 amide bonds. The lowest BCUT2D eigenvalue weighted by Crippen LogP contribution is -2.26. The van der Waals surface area contributed by atoms with Gasteiger partial charge in [-0.05, 0) is 28.8 Å². The van der Waals surface area contributed by atoms with E-state index in [0.717, 1.165) is 34.7 Å². The molecule has 0 aromatic carbocycles. The highest BCUT2D eigenvalue weighted by molar-refractivity contribution is 9.11. The normalized spacial score (nSPS) is 16.5. The Balaban J connectivity index is 2.12. The molecule has 0 aliphatic carbocycles. The van der Waals surface area contributed by atoms with Crippen LogP contribution in [-0.2, 0) is 0 Å². The summed E-state index contributed by atoms with van der Waals surface area (Å²) in [6, 6.07) is 0. The van der Waals surface area contributed by atoms with Crippen molar-refractivity contribution >= 4 is 33.2 Å². The molecule has 1 aliphatic heterocycles. The first-order valence-electron chi connectivity index (χ1n) is 4.18. The predicted molar refractivity (Wildman–Crippen MR) is 55.0 cm³/mol. The molecule has 1 fully saturated rings. The van der Waals surface area contributed by atoms with Crippen LogP contribution in [-0.4, -0.2) is 28.9 Å². The second kappa shape index (κ2) is 3.75. The topological polar surface area (TPSA) is 33.2 Å². The summed E-state index contributed by atoms with van der Waals surface area (Å²) >= 11 is 4.64. The number of thiazole rings is 1. The van der Waals surface area contributed by atoms with Gasteiger partial charge in [0.2, 0.25) is 0 Å². The second-order valence-corrected chi connectivity index (χ2v) is 5.28. The van der Waals surface area contributed by atoms with Gasteiger partial charge in [0.15, 0.2) is 3.92 Å². The average molecular weight is 261 g/mol. The lowest BCUT2D eigenvalue weighted by molar-refractivity contribution is 0.0797. The van der Waals surface area contributed by atoms with E-state index in [0.29, 0.717) is 0 Å². The maximum atomic E-state index is 11.7. The van der Waals surface area contributed by atoms with Gasteiger partial charge in [-0.15, -0.1) is 11.3 Å². The van der Waals surface area contributed by atoms with Gasteiger partial charge >= 0.3 is 0 Å². The van der Waals surface area contributed by atoms with Gasteiger partial charge in [0, 0.05) is 13.1 Å². The van der Waals surface area contributed by atoms with Crippen LogP contribution in [0.15, 0.2) is 10.1 Å². The molecule has 0 bridgehead atoms. The molecule has 13 heavy (non-hydrogen) atoms. The van der Waals surface area contributed by atoms with Crippen LogP contribution >= 0.6 is 27.3 Å². The van der Waals surface area contributed by atoms with Crippen molar-refractivity contribution in [2.75, 3.05) is 13.1 Å².